The number of likely N-dealkylation sites (tertiary alicyclic amines) is 1. The molecule has 3 heterocycles. The van der Waals surface area contributed by atoms with Crippen LogP contribution in [0.2, 0.25) is 0 Å². The summed E-state index contributed by atoms with van der Waals surface area (Å²) in [4.78, 5) is 35.9. The fourth-order valence-corrected chi connectivity index (χ4v) is 6.79. The molecule has 7 nitrogen and oxygen atoms in total. The van der Waals surface area contributed by atoms with Crippen LogP contribution in [0.4, 0.5) is 0 Å². The number of hydrogen-bond donors (Lipinski definition) is 0. The van der Waals surface area contributed by atoms with Crippen molar-refractivity contribution in [3.05, 3.63) is 40.3 Å². The Bertz CT molecular complexity index is 1060. The summed E-state index contributed by atoms with van der Waals surface area (Å²) in [5, 5.41) is 0. The summed E-state index contributed by atoms with van der Waals surface area (Å²) in [6.45, 7) is 4.04. The maximum absolute atomic E-state index is 13.6. The number of benzene rings is 1. The van der Waals surface area contributed by atoms with Crippen molar-refractivity contribution in [1.29, 1.82) is 0 Å². The number of hydrogen-bond acceptors (Lipinski definition) is 6. The number of likely N-dealkylation sites (N-methyl/N-ethyl adjacent to an activating group) is 1. The number of rotatable bonds is 4. The van der Waals surface area contributed by atoms with E-state index in [1.54, 1.807) is 6.92 Å². The topological polar surface area (TPSA) is 67.7 Å². The summed E-state index contributed by atoms with van der Waals surface area (Å²) in [7, 11) is 2.22. The minimum absolute atomic E-state index is 0.0575. The molecule has 5 rings (SSSR count). The Balaban J connectivity index is 1.51. The molecule has 0 spiro atoms. The van der Waals surface area contributed by atoms with E-state index in [-0.39, 0.29) is 23.9 Å². The summed E-state index contributed by atoms with van der Waals surface area (Å²) in [5.74, 6) is -0.626. The van der Waals surface area contributed by atoms with Crippen LogP contribution in [-0.2, 0) is 4.74 Å². The summed E-state index contributed by atoms with van der Waals surface area (Å²) in [6.07, 6.45) is 11.2. The molecule has 0 N–H and O–H groups in total. The van der Waals surface area contributed by atoms with Gasteiger partial charge in [-0.25, -0.2) is 9.78 Å². The van der Waals surface area contributed by atoms with Gasteiger partial charge < -0.3 is 14.2 Å². The smallest absolute Gasteiger partial charge is 0.362 e. The first-order chi connectivity index (χ1) is 16.6. The molecule has 2 aromatic rings. The van der Waals surface area contributed by atoms with Gasteiger partial charge in [-0.2, -0.15) is 0 Å². The number of piperidine rings is 1. The molecule has 1 aromatic carbocycles. The Kier molecular flexibility index (Phi) is 7.02. The molecule has 184 valence electrons. The zero-order valence-corrected chi connectivity index (χ0v) is 20.6. The number of carbonyl (C=O) groups is 1. The highest BCUT2D eigenvalue weighted by molar-refractivity contribution is 5.89. The van der Waals surface area contributed by atoms with E-state index in [2.05, 4.69) is 21.8 Å². The molecule has 2 aliphatic heterocycles. The van der Waals surface area contributed by atoms with Crippen LogP contribution in [0.15, 0.2) is 29.1 Å². The van der Waals surface area contributed by atoms with Gasteiger partial charge in [-0.1, -0.05) is 44.2 Å². The van der Waals surface area contributed by atoms with Crippen molar-refractivity contribution in [2.75, 3.05) is 26.7 Å². The van der Waals surface area contributed by atoms with Crippen LogP contribution >= 0.6 is 0 Å². The Morgan fingerprint density at radius 1 is 0.971 bits per heavy atom. The molecule has 2 bridgehead atoms. The lowest BCUT2D eigenvalue weighted by molar-refractivity contribution is -0.0512. The molecule has 2 saturated heterocycles. The number of ether oxygens (including phenoxy) is 1. The Morgan fingerprint density at radius 3 is 2.29 bits per heavy atom. The van der Waals surface area contributed by atoms with Crippen molar-refractivity contribution in [1.82, 2.24) is 19.4 Å². The fraction of sp³-hybridized carbons (Fsp3) is 0.667. The standard InChI is InChI=1S/C27H38N4O3/c1-3-34-27(33)25-26(32)31(24-14-10-9-13-23(24)28-25)20-15-21-17-29(2)18-22(16-20)30(21)19-11-7-5-4-6-8-12-19/h9-10,13-14,19-22H,3-8,11-12,15-18H2,1-2H3. The van der Waals surface area contributed by atoms with E-state index >= 15 is 0 Å². The normalized spacial score (nSPS) is 27.3. The summed E-state index contributed by atoms with van der Waals surface area (Å²) in [6, 6.07) is 9.26. The molecule has 1 aliphatic carbocycles. The molecule has 0 amide bonds. The molecule has 2 atom stereocenters. The van der Waals surface area contributed by atoms with Crippen molar-refractivity contribution in [2.24, 2.45) is 0 Å². The van der Waals surface area contributed by atoms with Gasteiger partial charge in [-0.05, 0) is 51.8 Å². The van der Waals surface area contributed by atoms with Crippen molar-refractivity contribution >= 4 is 17.0 Å². The first-order valence-corrected chi connectivity index (χ1v) is 13.2. The van der Waals surface area contributed by atoms with E-state index in [4.69, 9.17) is 4.74 Å². The van der Waals surface area contributed by atoms with Crippen molar-refractivity contribution in [3.8, 4) is 0 Å². The van der Waals surface area contributed by atoms with E-state index in [1.807, 2.05) is 28.8 Å². The second kappa shape index (κ2) is 10.2. The molecule has 1 saturated carbocycles. The van der Waals surface area contributed by atoms with Crippen LogP contribution in [0, 0.1) is 0 Å². The molecule has 7 heteroatoms. The second-order valence-corrected chi connectivity index (χ2v) is 10.4. The monoisotopic (exact) mass is 466 g/mol. The quantitative estimate of drug-likeness (QED) is 0.635. The highest BCUT2D eigenvalue weighted by Gasteiger charge is 2.44. The average molecular weight is 467 g/mol. The minimum Gasteiger partial charge on any atom is -0.461 e. The molecule has 1 aromatic heterocycles. The molecule has 3 fully saturated rings. The first-order valence-electron chi connectivity index (χ1n) is 13.2. The van der Waals surface area contributed by atoms with Gasteiger partial charge in [0.1, 0.15) is 0 Å². The second-order valence-electron chi connectivity index (χ2n) is 10.4. The summed E-state index contributed by atoms with van der Waals surface area (Å²) >= 11 is 0. The third kappa shape index (κ3) is 4.52. The van der Waals surface area contributed by atoms with Gasteiger partial charge in [-0.3, -0.25) is 9.69 Å². The molecule has 0 radical (unpaired) electrons. The molecular weight excluding hydrogens is 428 g/mol. The lowest BCUT2D eigenvalue weighted by Gasteiger charge is -2.55. The third-order valence-electron chi connectivity index (χ3n) is 8.10. The van der Waals surface area contributed by atoms with E-state index in [0.717, 1.165) is 31.4 Å². The number of carbonyl (C=O) groups excluding carboxylic acids is 1. The molecule has 2 unspecified atom stereocenters. The van der Waals surface area contributed by atoms with Crippen LogP contribution in [0.3, 0.4) is 0 Å². The summed E-state index contributed by atoms with van der Waals surface area (Å²) in [5.41, 5.74) is 1.09. The van der Waals surface area contributed by atoms with Crippen LogP contribution < -0.4 is 5.56 Å². The van der Waals surface area contributed by atoms with Gasteiger partial charge in [0.2, 0.25) is 5.69 Å². The highest BCUT2D eigenvalue weighted by Crippen LogP contribution is 2.39. The molecule has 3 aliphatic rings. The lowest BCUT2D eigenvalue weighted by atomic mass is 9.83. The van der Waals surface area contributed by atoms with Gasteiger partial charge in [0.15, 0.2) is 0 Å². The average Bonchev–Trinajstić information content (AvgIpc) is 2.78. The van der Waals surface area contributed by atoms with Crippen LogP contribution in [0.25, 0.3) is 11.0 Å². The number of nitrogens with zero attached hydrogens (tertiary/aromatic N) is 4. The van der Waals surface area contributed by atoms with Crippen molar-refractivity contribution in [3.63, 3.8) is 0 Å². The largest absolute Gasteiger partial charge is 0.461 e. The molecule has 34 heavy (non-hydrogen) atoms. The number of aromatic nitrogens is 2. The minimum atomic E-state index is -0.626. The molecular formula is C27H38N4O3. The van der Waals surface area contributed by atoms with Crippen LogP contribution in [-0.4, -0.2) is 70.2 Å². The van der Waals surface area contributed by atoms with Gasteiger partial charge in [0.05, 0.1) is 17.6 Å². The third-order valence-corrected chi connectivity index (χ3v) is 8.10. The van der Waals surface area contributed by atoms with E-state index < -0.39 is 5.97 Å². The SMILES string of the molecule is CCOC(=O)c1nc2ccccc2n(C2CC3CN(C)CC(C2)N3C2CCCCCCC2)c1=O. The maximum Gasteiger partial charge on any atom is 0.362 e. The fourth-order valence-electron chi connectivity index (χ4n) is 6.79. The maximum atomic E-state index is 13.6. The number of piperazine rings is 1. The highest BCUT2D eigenvalue weighted by atomic mass is 16.5. The van der Waals surface area contributed by atoms with Crippen LogP contribution in [0.1, 0.15) is 81.2 Å². The van der Waals surface area contributed by atoms with Gasteiger partial charge in [0, 0.05) is 37.3 Å². The number of esters is 1. The van der Waals surface area contributed by atoms with Crippen molar-refractivity contribution < 1.29 is 9.53 Å². The Hall–Kier alpha value is -2.25. The van der Waals surface area contributed by atoms with E-state index in [1.165, 1.54) is 44.9 Å². The van der Waals surface area contributed by atoms with Crippen molar-refractivity contribution in [2.45, 2.75) is 88.9 Å². The predicted octanol–water partition coefficient (Wildman–Crippen LogP) is 4.01. The van der Waals surface area contributed by atoms with E-state index in [0.29, 0.717) is 23.6 Å². The van der Waals surface area contributed by atoms with Crippen LogP contribution in [0.5, 0.6) is 0 Å². The lowest BCUT2D eigenvalue weighted by Crippen LogP contribution is -2.64. The van der Waals surface area contributed by atoms with Gasteiger partial charge in [0.25, 0.3) is 5.56 Å². The zero-order chi connectivity index (χ0) is 23.7. The van der Waals surface area contributed by atoms with Gasteiger partial charge in [-0.15, -0.1) is 0 Å². The number of para-hydroxylation sites is 2. The Morgan fingerprint density at radius 2 is 1.62 bits per heavy atom. The predicted molar refractivity (Wildman–Crippen MR) is 133 cm³/mol. The van der Waals surface area contributed by atoms with E-state index in [9.17, 15) is 9.59 Å². The zero-order valence-electron chi connectivity index (χ0n) is 20.6. The number of fused-ring (bicyclic) bond motifs is 3. The van der Waals surface area contributed by atoms with Gasteiger partial charge >= 0.3 is 5.97 Å². The Labute approximate surface area is 202 Å². The first kappa shape index (κ1) is 23.5. The summed E-state index contributed by atoms with van der Waals surface area (Å²) < 4.78 is 7.05.